The number of hydrogen-bond donors (Lipinski definition) is 1. The molecule has 0 aromatic carbocycles. The first-order valence-electron chi connectivity index (χ1n) is 4.44. The van der Waals surface area contributed by atoms with Crippen LogP contribution in [-0.2, 0) is 16.0 Å². The summed E-state index contributed by atoms with van der Waals surface area (Å²) in [5.41, 5.74) is 1.83. The molecule has 0 atom stereocenters. The van der Waals surface area contributed by atoms with E-state index in [0.717, 1.165) is 16.4 Å². The van der Waals surface area contributed by atoms with E-state index in [1.54, 1.807) is 0 Å². The highest BCUT2D eigenvalue weighted by atomic mass is 32.1. The van der Waals surface area contributed by atoms with Crippen LogP contribution >= 0.6 is 11.3 Å². The van der Waals surface area contributed by atoms with E-state index in [4.69, 9.17) is 0 Å². The Morgan fingerprint density at radius 1 is 1.67 bits per heavy atom. The minimum Gasteiger partial charge on any atom is -0.469 e. The van der Waals surface area contributed by atoms with Gasteiger partial charge >= 0.3 is 5.97 Å². The largest absolute Gasteiger partial charge is 0.469 e. The molecule has 0 amide bonds. The molecular formula is C10H10N2O2S. The summed E-state index contributed by atoms with van der Waals surface area (Å²) in [7, 11) is 1.38. The lowest BCUT2D eigenvalue weighted by molar-refractivity contribution is -0.139. The fraction of sp³-hybridized carbons (Fsp3) is 0.200. The van der Waals surface area contributed by atoms with Crippen LogP contribution in [-0.4, -0.2) is 23.0 Å². The summed E-state index contributed by atoms with van der Waals surface area (Å²) in [5, 5.41) is 2.69. The number of thiazole rings is 1. The zero-order valence-electron chi connectivity index (χ0n) is 8.19. The van der Waals surface area contributed by atoms with Crippen molar-refractivity contribution in [3.63, 3.8) is 0 Å². The quantitative estimate of drug-likeness (QED) is 0.806. The van der Waals surface area contributed by atoms with Crippen molar-refractivity contribution in [1.29, 1.82) is 0 Å². The number of aromatic amines is 1. The van der Waals surface area contributed by atoms with Gasteiger partial charge in [0.1, 0.15) is 5.01 Å². The molecule has 5 heteroatoms. The van der Waals surface area contributed by atoms with Gasteiger partial charge in [0.15, 0.2) is 0 Å². The molecule has 78 valence electrons. The zero-order valence-corrected chi connectivity index (χ0v) is 9.00. The molecular weight excluding hydrogens is 212 g/mol. The number of hydrogen-bond acceptors (Lipinski definition) is 4. The normalized spacial score (nSPS) is 10.2. The van der Waals surface area contributed by atoms with Crippen molar-refractivity contribution in [1.82, 2.24) is 9.97 Å². The van der Waals surface area contributed by atoms with Crippen LogP contribution in [0.1, 0.15) is 5.01 Å². The SMILES string of the molecule is COC(=O)Cc1nc(-c2ccc[nH]2)cs1. The van der Waals surface area contributed by atoms with E-state index < -0.39 is 0 Å². The van der Waals surface area contributed by atoms with Crippen LogP contribution in [0.25, 0.3) is 11.4 Å². The second-order valence-corrected chi connectivity index (χ2v) is 3.91. The van der Waals surface area contributed by atoms with Crippen LogP contribution in [0.2, 0.25) is 0 Å². The number of H-pyrrole nitrogens is 1. The molecule has 0 aliphatic rings. The highest BCUT2D eigenvalue weighted by Crippen LogP contribution is 2.20. The molecule has 0 saturated heterocycles. The Hall–Kier alpha value is -1.62. The maximum Gasteiger partial charge on any atom is 0.312 e. The van der Waals surface area contributed by atoms with Gasteiger partial charge in [0, 0.05) is 11.6 Å². The van der Waals surface area contributed by atoms with Crippen molar-refractivity contribution in [2.24, 2.45) is 0 Å². The molecule has 0 aliphatic heterocycles. The topological polar surface area (TPSA) is 55.0 Å². The molecule has 2 aromatic rings. The number of esters is 1. The lowest BCUT2D eigenvalue weighted by Crippen LogP contribution is -2.03. The number of nitrogens with one attached hydrogen (secondary N) is 1. The first-order valence-corrected chi connectivity index (χ1v) is 5.32. The summed E-state index contributed by atoms with van der Waals surface area (Å²) < 4.78 is 4.57. The van der Waals surface area contributed by atoms with Crippen LogP contribution in [0.5, 0.6) is 0 Å². The number of carbonyl (C=O) groups is 1. The smallest absolute Gasteiger partial charge is 0.312 e. The minimum absolute atomic E-state index is 0.238. The fourth-order valence-corrected chi connectivity index (χ4v) is 1.98. The van der Waals surface area contributed by atoms with Crippen LogP contribution in [0.3, 0.4) is 0 Å². The van der Waals surface area contributed by atoms with Crippen molar-refractivity contribution in [2.45, 2.75) is 6.42 Å². The van der Waals surface area contributed by atoms with E-state index in [9.17, 15) is 4.79 Å². The Morgan fingerprint density at radius 3 is 3.20 bits per heavy atom. The summed E-state index contributed by atoms with van der Waals surface area (Å²) in [6.45, 7) is 0. The van der Waals surface area contributed by atoms with Crippen LogP contribution in [0.4, 0.5) is 0 Å². The van der Waals surface area contributed by atoms with Gasteiger partial charge in [-0.05, 0) is 12.1 Å². The fourth-order valence-electron chi connectivity index (χ4n) is 1.20. The molecule has 0 aliphatic carbocycles. The van der Waals surface area contributed by atoms with Gasteiger partial charge in [0.25, 0.3) is 0 Å². The highest BCUT2D eigenvalue weighted by molar-refractivity contribution is 7.10. The number of aromatic nitrogens is 2. The number of carbonyl (C=O) groups excluding carboxylic acids is 1. The number of ether oxygens (including phenoxy) is 1. The van der Waals surface area contributed by atoms with E-state index >= 15 is 0 Å². The number of rotatable bonds is 3. The monoisotopic (exact) mass is 222 g/mol. The van der Waals surface area contributed by atoms with Crippen molar-refractivity contribution >= 4 is 17.3 Å². The molecule has 0 unspecified atom stereocenters. The molecule has 0 radical (unpaired) electrons. The molecule has 0 spiro atoms. The second-order valence-electron chi connectivity index (χ2n) is 2.96. The highest BCUT2D eigenvalue weighted by Gasteiger charge is 2.08. The maximum atomic E-state index is 11.0. The summed E-state index contributed by atoms with van der Waals surface area (Å²) in [6.07, 6.45) is 2.08. The van der Waals surface area contributed by atoms with Gasteiger partial charge in [-0.1, -0.05) is 0 Å². The van der Waals surface area contributed by atoms with E-state index in [1.807, 2.05) is 23.7 Å². The van der Waals surface area contributed by atoms with E-state index in [-0.39, 0.29) is 12.4 Å². The van der Waals surface area contributed by atoms with Gasteiger partial charge in [-0.2, -0.15) is 0 Å². The molecule has 2 heterocycles. The molecule has 4 nitrogen and oxygen atoms in total. The van der Waals surface area contributed by atoms with Gasteiger partial charge in [-0.3, -0.25) is 4.79 Å². The van der Waals surface area contributed by atoms with Crippen LogP contribution in [0, 0.1) is 0 Å². The first kappa shape index (κ1) is 9.92. The molecule has 0 saturated carbocycles. The van der Waals surface area contributed by atoms with Crippen LogP contribution < -0.4 is 0 Å². The summed E-state index contributed by atoms with van der Waals surface area (Å²) in [4.78, 5) is 18.4. The van der Waals surface area contributed by atoms with Crippen molar-refractivity contribution in [3.05, 3.63) is 28.7 Å². The second kappa shape index (κ2) is 4.27. The molecule has 15 heavy (non-hydrogen) atoms. The molecule has 0 bridgehead atoms. The third-order valence-corrected chi connectivity index (χ3v) is 2.80. The average Bonchev–Trinajstić information content (AvgIpc) is 2.85. The minimum atomic E-state index is -0.262. The maximum absolute atomic E-state index is 11.0. The van der Waals surface area contributed by atoms with E-state index in [0.29, 0.717) is 0 Å². The Kier molecular flexibility index (Phi) is 2.82. The average molecular weight is 222 g/mol. The Labute approximate surface area is 90.9 Å². The molecule has 2 aromatic heterocycles. The van der Waals surface area contributed by atoms with Gasteiger partial charge < -0.3 is 9.72 Å². The molecule has 1 N–H and O–H groups in total. The Balaban J connectivity index is 2.14. The van der Waals surface area contributed by atoms with Crippen molar-refractivity contribution < 1.29 is 9.53 Å². The van der Waals surface area contributed by atoms with Gasteiger partial charge in [-0.15, -0.1) is 11.3 Å². The van der Waals surface area contributed by atoms with Crippen molar-refractivity contribution in [3.8, 4) is 11.4 Å². The third kappa shape index (κ3) is 2.24. The lowest BCUT2D eigenvalue weighted by atomic mass is 10.3. The summed E-state index contributed by atoms with van der Waals surface area (Å²) in [6, 6.07) is 3.85. The number of methoxy groups -OCH3 is 1. The summed E-state index contributed by atoms with van der Waals surface area (Å²) in [5.74, 6) is -0.262. The Morgan fingerprint density at radius 2 is 2.53 bits per heavy atom. The van der Waals surface area contributed by atoms with E-state index in [2.05, 4.69) is 14.7 Å². The van der Waals surface area contributed by atoms with Gasteiger partial charge in [-0.25, -0.2) is 4.98 Å². The Bertz CT molecular complexity index is 448. The van der Waals surface area contributed by atoms with Crippen molar-refractivity contribution in [2.75, 3.05) is 7.11 Å². The third-order valence-electron chi connectivity index (χ3n) is 1.95. The van der Waals surface area contributed by atoms with Gasteiger partial charge in [0.2, 0.25) is 0 Å². The van der Waals surface area contributed by atoms with E-state index in [1.165, 1.54) is 18.4 Å². The first-order chi connectivity index (χ1) is 7.29. The molecule has 2 rings (SSSR count). The predicted octanol–water partition coefficient (Wildman–Crippen LogP) is 1.85. The molecule has 0 fully saturated rings. The lowest BCUT2D eigenvalue weighted by Gasteiger charge is -1.93. The van der Waals surface area contributed by atoms with Crippen LogP contribution in [0.15, 0.2) is 23.7 Å². The number of nitrogens with zero attached hydrogens (tertiary/aromatic N) is 1. The standard InChI is InChI=1S/C10H10N2O2S/c1-14-10(13)5-9-12-8(6-15-9)7-3-2-4-11-7/h2-4,6,11H,5H2,1H3. The predicted molar refractivity (Wildman–Crippen MR) is 57.6 cm³/mol. The summed E-state index contributed by atoms with van der Waals surface area (Å²) >= 11 is 1.46. The van der Waals surface area contributed by atoms with Gasteiger partial charge in [0.05, 0.1) is 24.9 Å². The zero-order chi connectivity index (χ0) is 10.7.